The maximum absolute atomic E-state index is 11.7. The monoisotopic (exact) mass is 263 g/mol. The summed E-state index contributed by atoms with van der Waals surface area (Å²) >= 11 is 5.57. The van der Waals surface area contributed by atoms with Gasteiger partial charge in [-0.15, -0.1) is 10.2 Å². The zero-order chi connectivity index (χ0) is 13.0. The molecule has 0 bridgehead atoms. The van der Waals surface area contributed by atoms with Crippen LogP contribution < -0.4 is 5.32 Å². The highest BCUT2D eigenvalue weighted by atomic mass is 35.5. The highest BCUT2D eigenvalue weighted by Crippen LogP contribution is 2.16. The third kappa shape index (κ3) is 2.95. The summed E-state index contributed by atoms with van der Waals surface area (Å²) in [5.74, 6) is 0.199. The Morgan fingerprint density at radius 3 is 2.67 bits per heavy atom. The SMILES string of the molecule is C=C(Cl)CNC(=O)c1ccc(-c2nnco2)cc1. The third-order valence-electron chi connectivity index (χ3n) is 2.19. The number of nitrogens with one attached hydrogen (secondary N) is 1. The molecule has 1 aromatic heterocycles. The summed E-state index contributed by atoms with van der Waals surface area (Å²) in [6, 6.07) is 6.81. The third-order valence-corrected chi connectivity index (χ3v) is 2.33. The van der Waals surface area contributed by atoms with Crippen LogP contribution in [-0.2, 0) is 0 Å². The van der Waals surface area contributed by atoms with Gasteiger partial charge in [0, 0.05) is 16.2 Å². The van der Waals surface area contributed by atoms with Crippen molar-refractivity contribution in [1.29, 1.82) is 0 Å². The van der Waals surface area contributed by atoms with Gasteiger partial charge in [0.05, 0.1) is 6.54 Å². The summed E-state index contributed by atoms with van der Waals surface area (Å²) < 4.78 is 5.05. The molecule has 6 heteroatoms. The number of halogens is 1. The molecule has 1 amide bonds. The molecule has 0 fully saturated rings. The van der Waals surface area contributed by atoms with Crippen molar-refractivity contribution in [3.8, 4) is 11.5 Å². The van der Waals surface area contributed by atoms with E-state index in [1.165, 1.54) is 6.39 Å². The Labute approximate surface area is 108 Å². The molecule has 0 saturated carbocycles. The van der Waals surface area contributed by atoms with Crippen LogP contribution in [-0.4, -0.2) is 22.6 Å². The number of nitrogens with zero attached hydrogens (tertiary/aromatic N) is 2. The van der Waals surface area contributed by atoms with Crippen LogP contribution in [0.2, 0.25) is 0 Å². The molecule has 1 aromatic carbocycles. The van der Waals surface area contributed by atoms with Crippen molar-refractivity contribution < 1.29 is 9.21 Å². The molecule has 1 N–H and O–H groups in total. The predicted molar refractivity (Wildman–Crippen MR) is 67.1 cm³/mol. The smallest absolute Gasteiger partial charge is 0.251 e. The lowest BCUT2D eigenvalue weighted by Crippen LogP contribution is -2.24. The molecule has 0 radical (unpaired) electrons. The van der Waals surface area contributed by atoms with Crippen LogP contribution in [0.1, 0.15) is 10.4 Å². The van der Waals surface area contributed by atoms with E-state index in [4.69, 9.17) is 16.0 Å². The number of aromatic nitrogens is 2. The van der Waals surface area contributed by atoms with Crippen LogP contribution in [0.4, 0.5) is 0 Å². The first-order valence-corrected chi connectivity index (χ1v) is 5.52. The van der Waals surface area contributed by atoms with Crippen molar-refractivity contribution in [3.63, 3.8) is 0 Å². The minimum Gasteiger partial charge on any atom is -0.423 e. The van der Waals surface area contributed by atoms with Gasteiger partial charge in [0.2, 0.25) is 12.3 Å². The van der Waals surface area contributed by atoms with Crippen molar-refractivity contribution in [1.82, 2.24) is 15.5 Å². The molecule has 2 rings (SSSR count). The van der Waals surface area contributed by atoms with Gasteiger partial charge in [-0.1, -0.05) is 18.2 Å². The summed E-state index contributed by atoms with van der Waals surface area (Å²) in [5, 5.41) is 10.4. The van der Waals surface area contributed by atoms with E-state index in [0.29, 0.717) is 16.5 Å². The van der Waals surface area contributed by atoms with E-state index in [0.717, 1.165) is 5.56 Å². The molecule has 2 aromatic rings. The summed E-state index contributed by atoms with van der Waals surface area (Å²) in [6.45, 7) is 3.73. The van der Waals surface area contributed by atoms with Crippen molar-refractivity contribution >= 4 is 17.5 Å². The molecule has 0 atom stereocenters. The Balaban J connectivity index is 2.08. The number of rotatable bonds is 4. The van der Waals surface area contributed by atoms with E-state index in [9.17, 15) is 4.79 Å². The quantitative estimate of drug-likeness (QED) is 0.918. The number of hydrogen-bond acceptors (Lipinski definition) is 4. The minimum absolute atomic E-state index is 0.214. The number of amides is 1. The first-order valence-electron chi connectivity index (χ1n) is 5.15. The molecule has 0 aliphatic carbocycles. The van der Waals surface area contributed by atoms with Gasteiger partial charge in [-0.2, -0.15) is 0 Å². The Morgan fingerprint density at radius 2 is 2.11 bits per heavy atom. The highest BCUT2D eigenvalue weighted by molar-refractivity contribution is 6.29. The Hall–Kier alpha value is -2.14. The molecule has 0 aliphatic heterocycles. The Bertz CT molecular complexity index is 549. The van der Waals surface area contributed by atoms with E-state index in [-0.39, 0.29) is 12.5 Å². The van der Waals surface area contributed by atoms with Crippen molar-refractivity contribution in [2.75, 3.05) is 6.54 Å². The van der Waals surface area contributed by atoms with E-state index >= 15 is 0 Å². The zero-order valence-corrected chi connectivity index (χ0v) is 10.1. The normalized spacial score (nSPS) is 10.1. The van der Waals surface area contributed by atoms with Crippen molar-refractivity contribution in [3.05, 3.63) is 47.8 Å². The predicted octanol–water partition coefficient (Wildman–Crippen LogP) is 2.22. The lowest BCUT2D eigenvalue weighted by Gasteiger charge is -2.04. The topological polar surface area (TPSA) is 68.0 Å². The zero-order valence-electron chi connectivity index (χ0n) is 9.39. The largest absolute Gasteiger partial charge is 0.423 e. The first-order chi connectivity index (χ1) is 8.66. The molecule has 0 saturated heterocycles. The van der Waals surface area contributed by atoms with E-state index < -0.39 is 0 Å². The molecule has 0 spiro atoms. The van der Waals surface area contributed by atoms with Crippen LogP contribution in [0.3, 0.4) is 0 Å². The average Bonchev–Trinajstić information content (AvgIpc) is 2.90. The van der Waals surface area contributed by atoms with Gasteiger partial charge in [0.15, 0.2) is 0 Å². The van der Waals surface area contributed by atoms with Gasteiger partial charge in [-0.05, 0) is 24.3 Å². The van der Waals surface area contributed by atoms with Crippen LogP contribution in [0, 0.1) is 0 Å². The lowest BCUT2D eigenvalue weighted by atomic mass is 10.1. The van der Waals surface area contributed by atoms with E-state index in [2.05, 4.69) is 22.1 Å². The second-order valence-electron chi connectivity index (χ2n) is 3.52. The van der Waals surface area contributed by atoms with Crippen molar-refractivity contribution in [2.24, 2.45) is 0 Å². The van der Waals surface area contributed by atoms with E-state index in [1.807, 2.05) is 0 Å². The van der Waals surface area contributed by atoms with Gasteiger partial charge in [-0.25, -0.2) is 0 Å². The summed E-state index contributed by atoms with van der Waals surface area (Å²) in [6.07, 6.45) is 1.25. The van der Waals surface area contributed by atoms with E-state index in [1.54, 1.807) is 24.3 Å². The number of benzene rings is 1. The fraction of sp³-hybridized carbons (Fsp3) is 0.0833. The molecule has 92 valence electrons. The average molecular weight is 264 g/mol. The van der Waals surface area contributed by atoms with Crippen LogP contribution >= 0.6 is 11.6 Å². The fourth-order valence-electron chi connectivity index (χ4n) is 1.34. The summed E-state index contributed by atoms with van der Waals surface area (Å²) in [7, 11) is 0. The van der Waals surface area contributed by atoms with Gasteiger partial charge in [0.25, 0.3) is 5.91 Å². The van der Waals surface area contributed by atoms with Gasteiger partial charge in [0.1, 0.15) is 0 Å². The fourth-order valence-corrected chi connectivity index (χ4v) is 1.41. The summed E-state index contributed by atoms with van der Waals surface area (Å²) in [4.78, 5) is 11.7. The van der Waals surface area contributed by atoms with Gasteiger partial charge < -0.3 is 9.73 Å². The Morgan fingerprint density at radius 1 is 1.39 bits per heavy atom. The maximum atomic E-state index is 11.7. The van der Waals surface area contributed by atoms with Crippen LogP contribution in [0.15, 0.2) is 46.7 Å². The second-order valence-corrected chi connectivity index (χ2v) is 4.06. The molecular formula is C12H10ClN3O2. The minimum atomic E-state index is -0.214. The molecule has 18 heavy (non-hydrogen) atoms. The molecular weight excluding hydrogens is 254 g/mol. The lowest BCUT2D eigenvalue weighted by molar-refractivity contribution is 0.0957. The standard InChI is InChI=1S/C12H10ClN3O2/c1-8(13)6-14-11(17)9-2-4-10(5-3-9)12-16-15-7-18-12/h2-5,7H,1,6H2,(H,14,17). The molecule has 0 unspecified atom stereocenters. The molecule has 0 aliphatic rings. The van der Waals surface area contributed by atoms with Crippen LogP contribution in [0.5, 0.6) is 0 Å². The maximum Gasteiger partial charge on any atom is 0.251 e. The Kier molecular flexibility index (Phi) is 3.74. The number of carbonyl (C=O) groups is 1. The first kappa shape index (κ1) is 12.3. The molecule has 5 nitrogen and oxygen atoms in total. The van der Waals surface area contributed by atoms with Crippen molar-refractivity contribution in [2.45, 2.75) is 0 Å². The van der Waals surface area contributed by atoms with Crippen LogP contribution in [0.25, 0.3) is 11.5 Å². The van der Waals surface area contributed by atoms with Gasteiger partial charge in [-0.3, -0.25) is 4.79 Å². The summed E-state index contributed by atoms with van der Waals surface area (Å²) in [5.41, 5.74) is 1.28. The van der Waals surface area contributed by atoms with Gasteiger partial charge >= 0.3 is 0 Å². The number of carbonyl (C=O) groups excluding carboxylic acids is 1. The second kappa shape index (κ2) is 5.46. The number of hydrogen-bond donors (Lipinski definition) is 1. The highest BCUT2D eigenvalue weighted by Gasteiger charge is 2.07. The molecule has 1 heterocycles.